The lowest BCUT2D eigenvalue weighted by atomic mass is 9.86. The maximum Gasteiger partial charge on any atom is 0.225 e. The van der Waals surface area contributed by atoms with Gasteiger partial charge < -0.3 is 10.2 Å². The van der Waals surface area contributed by atoms with Crippen molar-refractivity contribution in [3.63, 3.8) is 0 Å². The molecule has 1 N–H and O–H groups in total. The van der Waals surface area contributed by atoms with Crippen LogP contribution in [0.5, 0.6) is 0 Å². The molecule has 0 bridgehead atoms. The van der Waals surface area contributed by atoms with Gasteiger partial charge in [-0.25, -0.2) is 0 Å². The van der Waals surface area contributed by atoms with Gasteiger partial charge in [0.05, 0.1) is 0 Å². The number of nitrogens with zero attached hydrogens (tertiary/aromatic N) is 1. The van der Waals surface area contributed by atoms with Gasteiger partial charge in [-0.15, -0.1) is 0 Å². The van der Waals surface area contributed by atoms with Crippen molar-refractivity contribution in [3.8, 4) is 0 Å². The molecule has 1 saturated carbocycles. The van der Waals surface area contributed by atoms with Crippen molar-refractivity contribution in [2.24, 2.45) is 11.3 Å². The van der Waals surface area contributed by atoms with Gasteiger partial charge in [0.1, 0.15) is 0 Å². The zero-order chi connectivity index (χ0) is 11.6. The maximum atomic E-state index is 11.8. The minimum atomic E-state index is 0.187. The van der Waals surface area contributed by atoms with Crippen LogP contribution in [0, 0.1) is 11.3 Å². The van der Waals surface area contributed by atoms with E-state index < -0.39 is 0 Å². The molecule has 0 aromatic heterocycles. The fourth-order valence-electron chi connectivity index (χ4n) is 1.80. The highest BCUT2D eigenvalue weighted by Crippen LogP contribution is 2.31. The van der Waals surface area contributed by atoms with E-state index in [2.05, 4.69) is 26.1 Å². The van der Waals surface area contributed by atoms with Crippen LogP contribution < -0.4 is 5.32 Å². The normalized spacial score (nSPS) is 18.7. The Morgan fingerprint density at radius 1 is 1.47 bits per heavy atom. The number of hydrogen-bond acceptors (Lipinski definition) is 2. The number of amides is 1. The molecule has 3 heteroatoms. The zero-order valence-electron chi connectivity index (χ0n) is 10.6. The van der Waals surface area contributed by atoms with Crippen molar-refractivity contribution < 1.29 is 4.79 Å². The van der Waals surface area contributed by atoms with Gasteiger partial charge >= 0.3 is 0 Å². The van der Waals surface area contributed by atoms with Crippen LogP contribution in [-0.2, 0) is 4.79 Å². The molecule has 0 radical (unpaired) electrons. The van der Waals surface area contributed by atoms with Crippen LogP contribution in [0.15, 0.2) is 0 Å². The van der Waals surface area contributed by atoms with E-state index >= 15 is 0 Å². The molecule has 0 saturated heterocycles. The van der Waals surface area contributed by atoms with Gasteiger partial charge in [0, 0.05) is 25.6 Å². The van der Waals surface area contributed by atoms with Crippen molar-refractivity contribution in [1.82, 2.24) is 10.2 Å². The van der Waals surface area contributed by atoms with Gasteiger partial charge in [-0.3, -0.25) is 4.79 Å². The Kier molecular flexibility index (Phi) is 3.77. The Hall–Kier alpha value is -0.570. The lowest BCUT2D eigenvalue weighted by Gasteiger charge is -2.33. The minimum absolute atomic E-state index is 0.187. The van der Waals surface area contributed by atoms with E-state index in [9.17, 15) is 4.79 Å². The molecule has 1 fully saturated rings. The molecule has 1 unspecified atom stereocenters. The van der Waals surface area contributed by atoms with Crippen molar-refractivity contribution in [2.45, 2.75) is 39.7 Å². The Labute approximate surface area is 93.2 Å². The molecular formula is C12H24N2O. The predicted octanol–water partition coefficient (Wildman–Crippen LogP) is 1.49. The molecule has 1 amide bonds. The van der Waals surface area contributed by atoms with E-state index in [1.165, 1.54) is 0 Å². The lowest BCUT2D eigenvalue weighted by molar-refractivity contribution is -0.131. The third-order valence-corrected chi connectivity index (χ3v) is 3.15. The van der Waals surface area contributed by atoms with Gasteiger partial charge in [-0.2, -0.15) is 0 Å². The topological polar surface area (TPSA) is 32.3 Å². The quantitative estimate of drug-likeness (QED) is 0.765. The highest BCUT2D eigenvalue weighted by atomic mass is 16.2. The van der Waals surface area contributed by atoms with E-state index in [0.29, 0.717) is 17.9 Å². The Morgan fingerprint density at radius 3 is 2.33 bits per heavy atom. The summed E-state index contributed by atoms with van der Waals surface area (Å²) >= 11 is 0. The molecule has 3 nitrogen and oxygen atoms in total. The largest absolute Gasteiger partial charge is 0.344 e. The van der Waals surface area contributed by atoms with Crippen molar-refractivity contribution in [2.75, 3.05) is 20.6 Å². The standard InChI is InChI=1S/C12H24N2O/c1-12(2,3)10(13-4)8-14(5)11(15)9-6-7-9/h9-10,13H,6-8H2,1-5H3. The summed E-state index contributed by atoms with van der Waals surface area (Å²) in [5, 5.41) is 3.29. The molecule has 0 spiro atoms. The summed E-state index contributed by atoms with van der Waals surface area (Å²) in [6, 6.07) is 0.352. The van der Waals surface area contributed by atoms with Crippen LogP contribution in [0.2, 0.25) is 0 Å². The summed E-state index contributed by atoms with van der Waals surface area (Å²) in [7, 11) is 3.88. The van der Waals surface area contributed by atoms with Crippen LogP contribution >= 0.6 is 0 Å². The van der Waals surface area contributed by atoms with Crippen molar-refractivity contribution in [3.05, 3.63) is 0 Å². The highest BCUT2D eigenvalue weighted by Gasteiger charge is 2.34. The molecule has 1 aliphatic rings. The molecule has 0 aromatic carbocycles. The van der Waals surface area contributed by atoms with E-state index in [0.717, 1.165) is 19.4 Å². The second kappa shape index (κ2) is 4.52. The van der Waals surface area contributed by atoms with E-state index in [1.807, 2.05) is 19.0 Å². The minimum Gasteiger partial charge on any atom is -0.344 e. The van der Waals surface area contributed by atoms with Crippen LogP contribution in [-0.4, -0.2) is 37.5 Å². The molecule has 0 aliphatic heterocycles. The fourth-order valence-corrected chi connectivity index (χ4v) is 1.80. The summed E-state index contributed by atoms with van der Waals surface area (Å²) < 4.78 is 0. The van der Waals surface area contributed by atoms with Gasteiger partial charge in [0.2, 0.25) is 5.91 Å². The molecule has 1 aliphatic carbocycles. The number of rotatable bonds is 4. The number of likely N-dealkylation sites (N-methyl/N-ethyl adjacent to an activating group) is 2. The van der Waals surface area contributed by atoms with Gasteiger partial charge in [-0.1, -0.05) is 20.8 Å². The Bertz CT molecular complexity index is 228. The first-order chi connectivity index (χ1) is 6.86. The average Bonchev–Trinajstić information content (AvgIpc) is 2.93. The SMILES string of the molecule is CNC(CN(C)C(=O)C1CC1)C(C)(C)C. The third-order valence-electron chi connectivity index (χ3n) is 3.15. The van der Waals surface area contributed by atoms with E-state index in [1.54, 1.807) is 0 Å². The second-order valence-electron chi connectivity index (χ2n) is 5.70. The summed E-state index contributed by atoms with van der Waals surface area (Å²) in [5.74, 6) is 0.645. The highest BCUT2D eigenvalue weighted by molar-refractivity contribution is 5.80. The van der Waals surface area contributed by atoms with Crippen LogP contribution in [0.4, 0.5) is 0 Å². The Balaban J connectivity index is 2.47. The lowest BCUT2D eigenvalue weighted by Crippen LogP contribution is -2.47. The summed E-state index contributed by atoms with van der Waals surface area (Å²) in [5.41, 5.74) is 0.187. The number of carbonyl (C=O) groups excluding carboxylic acids is 1. The van der Waals surface area contributed by atoms with E-state index in [-0.39, 0.29) is 5.41 Å². The number of nitrogens with one attached hydrogen (secondary N) is 1. The second-order valence-corrected chi connectivity index (χ2v) is 5.70. The fraction of sp³-hybridized carbons (Fsp3) is 0.917. The van der Waals surface area contributed by atoms with Crippen LogP contribution in [0.1, 0.15) is 33.6 Å². The summed E-state index contributed by atoms with van der Waals surface area (Å²) in [6.45, 7) is 7.39. The van der Waals surface area contributed by atoms with Crippen LogP contribution in [0.3, 0.4) is 0 Å². The van der Waals surface area contributed by atoms with Crippen molar-refractivity contribution >= 4 is 5.91 Å². The van der Waals surface area contributed by atoms with Gasteiger partial charge in [0.25, 0.3) is 0 Å². The van der Waals surface area contributed by atoms with Crippen molar-refractivity contribution in [1.29, 1.82) is 0 Å². The molecule has 88 valence electrons. The first kappa shape index (κ1) is 12.5. The number of carbonyl (C=O) groups is 1. The zero-order valence-corrected chi connectivity index (χ0v) is 10.6. The van der Waals surface area contributed by atoms with Crippen LogP contribution in [0.25, 0.3) is 0 Å². The maximum absolute atomic E-state index is 11.8. The average molecular weight is 212 g/mol. The first-order valence-corrected chi connectivity index (χ1v) is 5.78. The van der Waals surface area contributed by atoms with Gasteiger partial charge in [0.15, 0.2) is 0 Å². The molecule has 15 heavy (non-hydrogen) atoms. The molecular weight excluding hydrogens is 188 g/mol. The Morgan fingerprint density at radius 2 is 2.00 bits per heavy atom. The monoisotopic (exact) mass is 212 g/mol. The molecule has 1 rings (SSSR count). The summed E-state index contributed by atoms with van der Waals surface area (Å²) in [4.78, 5) is 13.7. The van der Waals surface area contributed by atoms with E-state index in [4.69, 9.17) is 0 Å². The third kappa shape index (κ3) is 3.49. The molecule has 0 aromatic rings. The molecule has 0 heterocycles. The smallest absolute Gasteiger partial charge is 0.225 e. The predicted molar refractivity (Wildman–Crippen MR) is 62.7 cm³/mol. The summed E-state index contributed by atoms with van der Waals surface area (Å²) in [6.07, 6.45) is 2.17. The molecule has 1 atom stereocenters. The number of hydrogen-bond donors (Lipinski definition) is 1. The van der Waals surface area contributed by atoms with Gasteiger partial charge in [-0.05, 0) is 25.3 Å². The first-order valence-electron chi connectivity index (χ1n) is 5.78.